The monoisotopic (exact) mass is 341 g/mol. The zero-order valence-corrected chi connectivity index (χ0v) is 15.6. The van der Waals surface area contributed by atoms with Gasteiger partial charge in [0.25, 0.3) is 5.91 Å². The molecule has 1 atom stereocenters. The van der Waals surface area contributed by atoms with E-state index in [0.717, 1.165) is 12.0 Å². The summed E-state index contributed by atoms with van der Waals surface area (Å²) in [6.07, 6.45) is 1.06. The minimum absolute atomic E-state index is 0.100. The third kappa shape index (κ3) is 4.75. The van der Waals surface area contributed by atoms with Gasteiger partial charge >= 0.3 is 0 Å². The number of benzene rings is 2. The Hall–Kier alpha value is -2.49. The smallest absolute Gasteiger partial charge is 0.255 e. The maximum Gasteiger partial charge on any atom is 0.255 e. The van der Waals surface area contributed by atoms with Crippen LogP contribution >= 0.6 is 0 Å². The van der Waals surface area contributed by atoms with Gasteiger partial charge < -0.3 is 14.8 Å². The second-order valence-electron chi connectivity index (χ2n) is 6.58. The summed E-state index contributed by atoms with van der Waals surface area (Å²) in [5.41, 5.74) is 2.85. The molecule has 25 heavy (non-hydrogen) atoms. The van der Waals surface area contributed by atoms with Crippen LogP contribution < -0.4 is 14.8 Å². The molecule has 1 N–H and O–H groups in total. The third-order valence-corrected chi connectivity index (χ3v) is 4.12. The van der Waals surface area contributed by atoms with Crippen molar-refractivity contribution in [3.8, 4) is 11.5 Å². The number of methoxy groups -OCH3 is 2. The summed E-state index contributed by atoms with van der Waals surface area (Å²) < 4.78 is 10.6. The van der Waals surface area contributed by atoms with Crippen molar-refractivity contribution in [3.63, 3.8) is 0 Å². The van der Waals surface area contributed by atoms with Gasteiger partial charge in [0.2, 0.25) is 0 Å². The number of hydrogen-bond acceptors (Lipinski definition) is 3. The lowest BCUT2D eigenvalue weighted by Crippen LogP contribution is -2.27. The van der Waals surface area contributed by atoms with Crippen LogP contribution in [0.4, 0.5) is 0 Å². The van der Waals surface area contributed by atoms with Crippen molar-refractivity contribution in [1.82, 2.24) is 5.32 Å². The Morgan fingerprint density at radius 3 is 2.24 bits per heavy atom. The minimum Gasteiger partial charge on any atom is -0.493 e. The van der Waals surface area contributed by atoms with Gasteiger partial charge in [-0.2, -0.15) is 0 Å². The van der Waals surface area contributed by atoms with Gasteiger partial charge in [-0.15, -0.1) is 0 Å². The molecule has 2 aromatic carbocycles. The lowest BCUT2D eigenvalue weighted by atomic mass is 10.00. The second-order valence-corrected chi connectivity index (χ2v) is 6.58. The Labute approximate surface area is 150 Å². The van der Waals surface area contributed by atoms with E-state index in [9.17, 15) is 4.79 Å². The van der Waals surface area contributed by atoms with Crippen molar-refractivity contribution in [1.29, 1.82) is 0 Å². The Kier molecular flexibility index (Phi) is 6.45. The first-order valence-electron chi connectivity index (χ1n) is 8.57. The first-order chi connectivity index (χ1) is 12.0. The van der Waals surface area contributed by atoms with Crippen LogP contribution in [0.15, 0.2) is 42.5 Å². The summed E-state index contributed by atoms with van der Waals surface area (Å²) in [5, 5.41) is 3.02. The van der Waals surface area contributed by atoms with Crippen molar-refractivity contribution >= 4 is 5.91 Å². The van der Waals surface area contributed by atoms with Crippen molar-refractivity contribution < 1.29 is 14.3 Å². The summed E-state index contributed by atoms with van der Waals surface area (Å²) in [5.74, 6) is 1.43. The molecular formula is C21H27NO3. The quantitative estimate of drug-likeness (QED) is 0.812. The zero-order valence-electron chi connectivity index (χ0n) is 15.6. The Bertz CT molecular complexity index is 708. The highest BCUT2D eigenvalue weighted by Gasteiger charge is 2.18. The number of ether oxygens (including phenoxy) is 2. The van der Waals surface area contributed by atoms with Gasteiger partial charge in [0, 0.05) is 0 Å². The molecule has 0 saturated heterocycles. The predicted molar refractivity (Wildman–Crippen MR) is 100 cm³/mol. The van der Waals surface area contributed by atoms with Crippen LogP contribution in [0.2, 0.25) is 0 Å². The minimum atomic E-state index is -0.186. The molecule has 0 aliphatic rings. The molecule has 2 rings (SSSR count). The molecule has 0 radical (unpaired) electrons. The molecule has 4 heteroatoms. The summed E-state index contributed by atoms with van der Waals surface area (Å²) in [7, 11) is 3.09. The fourth-order valence-corrected chi connectivity index (χ4v) is 2.84. The van der Waals surface area contributed by atoms with Gasteiger partial charge in [0.1, 0.15) is 0 Å². The summed E-state index contributed by atoms with van der Waals surface area (Å²) in [6.45, 7) is 6.39. The molecule has 4 nitrogen and oxygen atoms in total. The standard InChI is InChI=1S/C21H27NO3/c1-14(2)13-16-9-11-17(12-10-16)15(3)22-21(23)18-7-6-8-19(24-4)20(18)25-5/h6-12,14-15H,13H2,1-5H3,(H,22,23). The van der Waals surface area contributed by atoms with Crippen molar-refractivity contribution in [3.05, 3.63) is 59.2 Å². The van der Waals surface area contributed by atoms with Gasteiger partial charge in [0.05, 0.1) is 25.8 Å². The predicted octanol–water partition coefficient (Wildman–Crippen LogP) is 4.39. The number of para-hydroxylation sites is 1. The topological polar surface area (TPSA) is 47.6 Å². The van der Waals surface area contributed by atoms with Crippen LogP contribution in [0.3, 0.4) is 0 Å². The van der Waals surface area contributed by atoms with Crippen LogP contribution in [0.1, 0.15) is 48.3 Å². The van der Waals surface area contributed by atoms with Crippen molar-refractivity contribution in [2.75, 3.05) is 14.2 Å². The fourth-order valence-electron chi connectivity index (χ4n) is 2.84. The lowest BCUT2D eigenvalue weighted by molar-refractivity contribution is 0.0936. The van der Waals surface area contributed by atoms with E-state index in [2.05, 4.69) is 43.4 Å². The van der Waals surface area contributed by atoms with E-state index in [4.69, 9.17) is 9.47 Å². The summed E-state index contributed by atoms with van der Waals surface area (Å²) in [4.78, 5) is 12.6. The number of carbonyl (C=O) groups is 1. The Balaban J connectivity index is 2.12. The summed E-state index contributed by atoms with van der Waals surface area (Å²) in [6, 6.07) is 13.6. The van der Waals surface area contributed by atoms with Crippen LogP contribution in [-0.2, 0) is 6.42 Å². The van der Waals surface area contributed by atoms with Crippen LogP contribution in [-0.4, -0.2) is 20.1 Å². The Morgan fingerprint density at radius 2 is 1.68 bits per heavy atom. The largest absolute Gasteiger partial charge is 0.493 e. The SMILES string of the molecule is COc1cccc(C(=O)NC(C)c2ccc(CC(C)C)cc2)c1OC. The van der Waals surface area contributed by atoms with Gasteiger partial charge in [-0.1, -0.05) is 44.2 Å². The molecule has 0 aliphatic heterocycles. The Morgan fingerprint density at radius 1 is 1.00 bits per heavy atom. The molecule has 134 valence electrons. The van der Waals surface area contributed by atoms with E-state index >= 15 is 0 Å². The van der Waals surface area contributed by atoms with Gasteiger partial charge in [0.15, 0.2) is 11.5 Å². The molecule has 0 heterocycles. The van der Waals surface area contributed by atoms with Crippen LogP contribution in [0.25, 0.3) is 0 Å². The van der Waals surface area contributed by atoms with Crippen LogP contribution in [0.5, 0.6) is 11.5 Å². The maximum absolute atomic E-state index is 12.6. The number of nitrogens with one attached hydrogen (secondary N) is 1. The summed E-state index contributed by atoms with van der Waals surface area (Å²) >= 11 is 0. The highest BCUT2D eigenvalue weighted by Crippen LogP contribution is 2.31. The number of rotatable bonds is 7. The van der Waals surface area contributed by atoms with E-state index in [1.165, 1.54) is 12.7 Å². The fraction of sp³-hybridized carbons (Fsp3) is 0.381. The molecule has 1 unspecified atom stereocenters. The molecule has 2 aromatic rings. The first-order valence-corrected chi connectivity index (χ1v) is 8.57. The zero-order chi connectivity index (χ0) is 18.4. The average molecular weight is 341 g/mol. The van der Waals surface area contributed by atoms with Crippen molar-refractivity contribution in [2.24, 2.45) is 5.92 Å². The van der Waals surface area contributed by atoms with E-state index in [0.29, 0.717) is 23.0 Å². The number of amides is 1. The van der Waals surface area contributed by atoms with Gasteiger partial charge in [-0.3, -0.25) is 4.79 Å². The van der Waals surface area contributed by atoms with Crippen molar-refractivity contribution in [2.45, 2.75) is 33.2 Å². The van der Waals surface area contributed by atoms with E-state index in [1.807, 2.05) is 6.92 Å². The van der Waals surface area contributed by atoms with Gasteiger partial charge in [-0.25, -0.2) is 0 Å². The highest BCUT2D eigenvalue weighted by atomic mass is 16.5. The molecule has 0 saturated carbocycles. The molecule has 0 aromatic heterocycles. The second kappa shape index (κ2) is 8.56. The molecule has 1 amide bonds. The van der Waals surface area contributed by atoms with E-state index in [1.54, 1.807) is 25.3 Å². The lowest BCUT2D eigenvalue weighted by Gasteiger charge is -2.17. The van der Waals surface area contributed by atoms with Gasteiger partial charge in [-0.05, 0) is 42.5 Å². The molecule has 0 aliphatic carbocycles. The van der Waals surface area contributed by atoms with Crippen LogP contribution in [0, 0.1) is 5.92 Å². The molecule has 0 spiro atoms. The average Bonchev–Trinajstić information content (AvgIpc) is 2.60. The number of carbonyl (C=O) groups excluding carboxylic acids is 1. The molecule has 0 bridgehead atoms. The number of hydrogen-bond donors (Lipinski definition) is 1. The van der Waals surface area contributed by atoms with E-state index < -0.39 is 0 Å². The maximum atomic E-state index is 12.6. The highest BCUT2D eigenvalue weighted by molar-refractivity contribution is 5.98. The third-order valence-electron chi connectivity index (χ3n) is 4.12. The normalized spacial score (nSPS) is 11.9. The van der Waals surface area contributed by atoms with E-state index in [-0.39, 0.29) is 11.9 Å². The molecular weight excluding hydrogens is 314 g/mol. The first kappa shape index (κ1) is 18.8. The molecule has 0 fully saturated rings.